The average molecular weight is 429 g/mol. The maximum Gasteiger partial charge on any atom is 0.308 e. The van der Waals surface area contributed by atoms with E-state index in [1.165, 1.54) is 13.8 Å². The van der Waals surface area contributed by atoms with Gasteiger partial charge in [0.2, 0.25) is 0 Å². The molecule has 3 aromatic rings. The summed E-state index contributed by atoms with van der Waals surface area (Å²) in [7, 11) is 0. The molecule has 0 radical (unpaired) electrons. The van der Waals surface area contributed by atoms with Crippen molar-refractivity contribution in [1.29, 1.82) is 0 Å². The molecule has 3 rings (SSSR count). The molecule has 0 aromatic heterocycles. The highest BCUT2D eigenvalue weighted by molar-refractivity contribution is 6.42. The van der Waals surface area contributed by atoms with E-state index in [-0.39, 0.29) is 17.9 Å². The van der Waals surface area contributed by atoms with Crippen molar-refractivity contribution in [1.82, 2.24) is 0 Å². The molecular formula is C23H18Cl2O4. The zero-order valence-corrected chi connectivity index (χ0v) is 17.3. The monoisotopic (exact) mass is 428 g/mol. The first-order chi connectivity index (χ1) is 13.8. The third kappa shape index (κ3) is 5.37. The van der Waals surface area contributed by atoms with Crippen LogP contribution in [0.5, 0.6) is 11.5 Å². The van der Waals surface area contributed by atoms with Crippen LogP contribution in [0, 0.1) is 0 Å². The summed E-state index contributed by atoms with van der Waals surface area (Å²) in [6.07, 6.45) is 0. The van der Waals surface area contributed by atoms with Crippen LogP contribution < -0.4 is 9.47 Å². The Bertz CT molecular complexity index is 968. The van der Waals surface area contributed by atoms with Crippen molar-refractivity contribution in [3.63, 3.8) is 0 Å². The molecular weight excluding hydrogens is 411 g/mol. The fourth-order valence-electron chi connectivity index (χ4n) is 3.06. The van der Waals surface area contributed by atoms with Gasteiger partial charge < -0.3 is 9.47 Å². The molecule has 0 spiro atoms. The van der Waals surface area contributed by atoms with Crippen molar-refractivity contribution in [3.8, 4) is 11.5 Å². The number of rotatable bonds is 5. The molecule has 0 saturated carbocycles. The quantitative estimate of drug-likeness (QED) is 0.283. The molecule has 3 aromatic carbocycles. The third-order valence-corrected chi connectivity index (χ3v) is 4.97. The summed E-state index contributed by atoms with van der Waals surface area (Å²) in [5.41, 5.74) is 2.89. The Morgan fingerprint density at radius 2 is 1.07 bits per heavy atom. The largest absolute Gasteiger partial charge is 0.427 e. The van der Waals surface area contributed by atoms with Crippen LogP contribution in [-0.4, -0.2) is 11.9 Å². The van der Waals surface area contributed by atoms with Crippen LogP contribution in [0.1, 0.15) is 36.5 Å². The summed E-state index contributed by atoms with van der Waals surface area (Å²) < 4.78 is 10.2. The van der Waals surface area contributed by atoms with Gasteiger partial charge in [-0.2, -0.15) is 0 Å². The number of esters is 2. The van der Waals surface area contributed by atoms with E-state index in [0.717, 1.165) is 16.7 Å². The summed E-state index contributed by atoms with van der Waals surface area (Å²) in [4.78, 5) is 22.3. The standard InChI is InChI=1S/C23H18Cl2O4/c1-14(26)28-19-8-3-16(4-9-19)23(18-7-12-21(24)22(25)13-18)17-5-10-20(11-6-17)29-15(2)27/h3-13,23H,1-2H3. The molecule has 29 heavy (non-hydrogen) atoms. The SMILES string of the molecule is CC(=O)Oc1ccc(C(c2ccc(OC(C)=O)cc2)c2ccc(Cl)c(Cl)c2)cc1. The lowest BCUT2D eigenvalue weighted by Crippen LogP contribution is -2.06. The van der Waals surface area contributed by atoms with E-state index in [1.807, 2.05) is 36.4 Å². The Hall–Kier alpha value is -2.82. The van der Waals surface area contributed by atoms with Crippen molar-refractivity contribution < 1.29 is 19.1 Å². The second-order valence-electron chi connectivity index (χ2n) is 6.43. The maximum absolute atomic E-state index is 11.2. The number of carbonyl (C=O) groups excluding carboxylic acids is 2. The topological polar surface area (TPSA) is 52.6 Å². The zero-order valence-electron chi connectivity index (χ0n) is 15.8. The number of benzene rings is 3. The van der Waals surface area contributed by atoms with Gasteiger partial charge in [0, 0.05) is 19.8 Å². The van der Waals surface area contributed by atoms with E-state index >= 15 is 0 Å². The van der Waals surface area contributed by atoms with Crippen LogP contribution in [0.2, 0.25) is 10.0 Å². The van der Waals surface area contributed by atoms with Crippen LogP contribution in [0.25, 0.3) is 0 Å². The summed E-state index contributed by atoms with van der Waals surface area (Å²) in [6, 6.07) is 20.1. The van der Waals surface area contributed by atoms with Gasteiger partial charge in [0.05, 0.1) is 10.0 Å². The fourth-order valence-corrected chi connectivity index (χ4v) is 3.36. The van der Waals surface area contributed by atoms with Crippen molar-refractivity contribution >= 4 is 35.1 Å². The van der Waals surface area contributed by atoms with E-state index in [2.05, 4.69) is 0 Å². The van der Waals surface area contributed by atoms with Crippen molar-refractivity contribution in [2.75, 3.05) is 0 Å². The lowest BCUT2D eigenvalue weighted by atomic mass is 9.85. The van der Waals surface area contributed by atoms with Crippen LogP contribution >= 0.6 is 23.2 Å². The van der Waals surface area contributed by atoms with E-state index in [0.29, 0.717) is 21.5 Å². The van der Waals surface area contributed by atoms with Crippen LogP contribution in [0.4, 0.5) is 0 Å². The third-order valence-electron chi connectivity index (χ3n) is 4.23. The van der Waals surface area contributed by atoms with Gasteiger partial charge >= 0.3 is 11.9 Å². The first-order valence-electron chi connectivity index (χ1n) is 8.85. The molecule has 0 amide bonds. The van der Waals surface area contributed by atoms with E-state index in [1.54, 1.807) is 30.3 Å². The van der Waals surface area contributed by atoms with E-state index < -0.39 is 0 Å². The van der Waals surface area contributed by atoms with Gasteiger partial charge in [-0.05, 0) is 53.1 Å². The van der Waals surface area contributed by atoms with Gasteiger partial charge in [-0.25, -0.2) is 0 Å². The predicted molar refractivity (Wildman–Crippen MR) is 113 cm³/mol. The molecule has 4 nitrogen and oxygen atoms in total. The van der Waals surface area contributed by atoms with E-state index in [9.17, 15) is 9.59 Å². The normalized spacial score (nSPS) is 10.7. The first-order valence-corrected chi connectivity index (χ1v) is 9.61. The molecule has 0 N–H and O–H groups in total. The van der Waals surface area contributed by atoms with Crippen LogP contribution in [-0.2, 0) is 9.59 Å². The van der Waals surface area contributed by atoms with Crippen molar-refractivity contribution in [3.05, 3.63) is 93.5 Å². The van der Waals surface area contributed by atoms with Gasteiger partial charge in [-0.3, -0.25) is 9.59 Å². The van der Waals surface area contributed by atoms with Crippen LogP contribution in [0.3, 0.4) is 0 Å². The molecule has 0 atom stereocenters. The summed E-state index contributed by atoms with van der Waals surface area (Å²) in [6.45, 7) is 2.72. The van der Waals surface area contributed by atoms with Gasteiger partial charge in [0.1, 0.15) is 11.5 Å². The summed E-state index contributed by atoms with van der Waals surface area (Å²) in [5, 5.41) is 0.937. The Morgan fingerprint density at radius 1 is 0.655 bits per heavy atom. The highest BCUT2D eigenvalue weighted by Gasteiger charge is 2.18. The van der Waals surface area contributed by atoms with Crippen molar-refractivity contribution in [2.45, 2.75) is 19.8 Å². The first kappa shape index (κ1) is 20.9. The summed E-state index contributed by atoms with van der Waals surface area (Å²) in [5.74, 6) is 0.0425. The number of carbonyl (C=O) groups is 2. The average Bonchev–Trinajstić information content (AvgIpc) is 2.67. The number of hydrogen-bond acceptors (Lipinski definition) is 4. The van der Waals surface area contributed by atoms with Gasteiger partial charge in [-0.1, -0.05) is 53.5 Å². The molecule has 0 fully saturated rings. The van der Waals surface area contributed by atoms with Gasteiger partial charge in [0.15, 0.2) is 0 Å². The molecule has 0 aliphatic rings. The highest BCUT2D eigenvalue weighted by atomic mass is 35.5. The Kier molecular flexibility index (Phi) is 6.57. The molecule has 0 heterocycles. The fraction of sp³-hybridized carbons (Fsp3) is 0.130. The number of hydrogen-bond donors (Lipinski definition) is 0. The van der Waals surface area contributed by atoms with Crippen LogP contribution in [0.15, 0.2) is 66.7 Å². The molecule has 0 bridgehead atoms. The minimum atomic E-state index is -0.375. The minimum absolute atomic E-state index is 0.150. The predicted octanol–water partition coefficient (Wildman–Crippen LogP) is 6.02. The Balaban J connectivity index is 2.03. The van der Waals surface area contributed by atoms with Gasteiger partial charge in [-0.15, -0.1) is 0 Å². The molecule has 0 aliphatic carbocycles. The summed E-state index contributed by atoms with van der Waals surface area (Å²) >= 11 is 12.3. The second-order valence-corrected chi connectivity index (χ2v) is 7.25. The lowest BCUT2D eigenvalue weighted by Gasteiger charge is -2.20. The smallest absolute Gasteiger partial charge is 0.308 e. The molecule has 6 heteroatoms. The molecule has 0 unspecified atom stereocenters. The van der Waals surface area contributed by atoms with Crippen molar-refractivity contribution in [2.24, 2.45) is 0 Å². The number of halogens is 2. The highest BCUT2D eigenvalue weighted by Crippen LogP contribution is 2.36. The molecule has 0 aliphatic heterocycles. The van der Waals surface area contributed by atoms with Gasteiger partial charge in [0.25, 0.3) is 0 Å². The maximum atomic E-state index is 11.2. The molecule has 148 valence electrons. The lowest BCUT2D eigenvalue weighted by molar-refractivity contribution is -0.132. The Labute approximate surface area is 179 Å². The molecule has 0 saturated heterocycles. The Morgan fingerprint density at radius 3 is 1.45 bits per heavy atom. The number of ether oxygens (including phenoxy) is 2. The zero-order chi connectivity index (χ0) is 21.0. The second kappa shape index (κ2) is 9.12. The minimum Gasteiger partial charge on any atom is -0.427 e. The van der Waals surface area contributed by atoms with E-state index in [4.69, 9.17) is 32.7 Å².